The van der Waals surface area contributed by atoms with Gasteiger partial charge in [-0.3, -0.25) is 0 Å². The summed E-state index contributed by atoms with van der Waals surface area (Å²) in [5.41, 5.74) is 8.53. The zero-order valence-corrected chi connectivity index (χ0v) is 11.3. The fraction of sp³-hybridized carbons (Fsp3) is 1.00. The second-order valence-electron chi connectivity index (χ2n) is 6.64. The van der Waals surface area contributed by atoms with Crippen molar-refractivity contribution < 1.29 is 9.31 Å². The molecule has 0 amide bonds. The van der Waals surface area contributed by atoms with E-state index in [0.717, 1.165) is 12.3 Å². The van der Waals surface area contributed by atoms with Crippen molar-refractivity contribution in [3.63, 3.8) is 0 Å². The molecule has 0 aromatic carbocycles. The summed E-state index contributed by atoms with van der Waals surface area (Å²) in [7, 11) is -0.194. The standard InChI is InChI=1S/C12H20BN3O2/c1-11(2)8-6-9(11)12(3)10(7-8)17-13(18-12)4-5-15-16-14/h8-10H,4-7H2,1-3H3/t8-,9-,10+,12-/m0/s1. The summed E-state index contributed by atoms with van der Waals surface area (Å²) in [6.07, 6.45) is 3.27. The Morgan fingerprint density at radius 1 is 1.39 bits per heavy atom. The Bertz CT molecular complexity index is 410. The van der Waals surface area contributed by atoms with Crippen molar-refractivity contribution in [2.45, 2.75) is 51.6 Å². The van der Waals surface area contributed by atoms with Crippen molar-refractivity contribution in [3.8, 4) is 0 Å². The maximum Gasteiger partial charge on any atom is 0.457 e. The van der Waals surface area contributed by atoms with Gasteiger partial charge < -0.3 is 9.31 Å². The SMILES string of the molecule is CC1(C)[C@@H]2C[C@H]3OB(CCN=[N+]=[N-])O[C@@]3(C)[C@H]1C2. The molecule has 1 heterocycles. The van der Waals surface area contributed by atoms with Crippen LogP contribution >= 0.6 is 0 Å². The lowest BCUT2D eigenvalue weighted by atomic mass is 9.43. The van der Waals surface area contributed by atoms with Crippen LogP contribution in [0.4, 0.5) is 0 Å². The summed E-state index contributed by atoms with van der Waals surface area (Å²) in [4.78, 5) is 2.76. The highest BCUT2D eigenvalue weighted by Gasteiger charge is 2.67. The van der Waals surface area contributed by atoms with Crippen molar-refractivity contribution in [1.29, 1.82) is 0 Å². The molecule has 3 aliphatic carbocycles. The maximum atomic E-state index is 8.29. The molecule has 1 aliphatic heterocycles. The van der Waals surface area contributed by atoms with Crippen molar-refractivity contribution >= 4 is 7.12 Å². The van der Waals surface area contributed by atoms with E-state index in [1.165, 1.54) is 6.42 Å². The van der Waals surface area contributed by atoms with Gasteiger partial charge in [0.25, 0.3) is 0 Å². The first-order valence-electron chi connectivity index (χ1n) is 6.82. The molecular weight excluding hydrogens is 229 g/mol. The minimum Gasteiger partial charge on any atom is -0.405 e. The number of hydrogen-bond acceptors (Lipinski definition) is 3. The molecule has 0 aromatic heterocycles. The zero-order chi connectivity index (χ0) is 13.0. The topological polar surface area (TPSA) is 67.2 Å². The first-order valence-corrected chi connectivity index (χ1v) is 6.82. The lowest BCUT2D eigenvalue weighted by Gasteiger charge is -2.64. The largest absolute Gasteiger partial charge is 0.457 e. The van der Waals surface area contributed by atoms with E-state index in [-0.39, 0.29) is 18.8 Å². The zero-order valence-electron chi connectivity index (χ0n) is 11.3. The third-order valence-electron chi connectivity index (χ3n) is 5.53. The molecule has 0 unspecified atom stereocenters. The van der Waals surface area contributed by atoms with Crippen LogP contribution in [0.25, 0.3) is 10.4 Å². The van der Waals surface area contributed by atoms with Crippen LogP contribution in [0.1, 0.15) is 33.6 Å². The van der Waals surface area contributed by atoms with E-state index in [2.05, 4.69) is 30.8 Å². The van der Waals surface area contributed by atoms with E-state index >= 15 is 0 Å². The van der Waals surface area contributed by atoms with E-state index in [0.29, 0.717) is 24.2 Å². The Balaban J connectivity index is 1.71. The predicted octanol–water partition coefficient (Wildman–Crippen LogP) is 3.03. The first-order chi connectivity index (χ1) is 8.48. The second kappa shape index (κ2) is 3.89. The highest BCUT2D eigenvalue weighted by molar-refractivity contribution is 6.45. The summed E-state index contributed by atoms with van der Waals surface area (Å²) in [5.74, 6) is 1.37. The average Bonchev–Trinajstić information content (AvgIpc) is 2.64. The molecule has 2 bridgehead atoms. The van der Waals surface area contributed by atoms with Crippen LogP contribution in [-0.4, -0.2) is 25.4 Å². The van der Waals surface area contributed by atoms with Crippen molar-refractivity contribution in [1.82, 2.24) is 0 Å². The van der Waals surface area contributed by atoms with Gasteiger partial charge >= 0.3 is 7.12 Å². The average molecular weight is 249 g/mol. The van der Waals surface area contributed by atoms with Crippen LogP contribution in [0.3, 0.4) is 0 Å². The lowest BCUT2D eigenvalue weighted by Crippen LogP contribution is -2.65. The van der Waals surface area contributed by atoms with Gasteiger partial charge in [0.15, 0.2) is 0 Å². The third-order valence-corrected chi connectivity index (χ3v) is 5.53. The Morgan fingerprint density at radius 3 is 2.83 bits per heavy atom. The molecule has 6 heteroatoms. The minimum absolute atomic E-state index is 0.140. The molecular formula is C12H20BN3O2. The van der Waals surface area contributed by atoms with Crippen molar-refractivity contribution in [3.05, 3.63) is 10.4 Å². The highest BCUT2D eigenvalue weighted by atomic mass is 16.7. The monoisotopic (exact) mass is 249 g/mol. The van der Waals surface area contributed by atoms with Crippen LogP contribution in [0.15, 0.2) is 5.11 Å². The summed E-state index contributed by atoms with van der Waals surface area (Å²) >= 11 is 0. The minimum atomic E-state index is -0.194. The number of hydrogen-bond donors (Lipinski definition) is 0. The van der Waals surface area contributed by atoms with Gasteiger partial charge in [-0.05, 0) is 48.9 Å². The molecule has 0 spiro atoms. The Morgan fingerprint density at radius 2 is 2.17 bits per heavy atom. The maximum absolute atomic E-state index is 8.29. The van der Waals surface area contributed by atoms with E-state index in [9.17, 15) is 0 Å². The van der Waals surface area contributed by atoms with Gasteiger partial charge in [-0.25, -0.2) is 0 Å². The fourth-order valence-electron chi connectivity index (χ4n) is 4.28. The molecule has 4 aliphatic rings. The van der Waals surface area contributed by atoms with Gasteiger partial charge in [0.1, 0.15) is 0 Å². The summed E-state index contributed by atoms with van der Waals surface area (Å²) in [6, 6.07) is 0. The molecule has 4 fully saturated rings. The fourth-order valence-corrected chi connectivity index (χ4v) is 4.28. The molecule has 0 aromatic rings. The normalized spacial score (nSPS) is 43.9. The summed E-state index contributed by atoms with van der Waals surface area (Å²) in [5, 5.41) is 3.55. The van der Waals surface area contributed by atoms with Gasteiger partial charge in [-0.1, -0.05) is 19.0 Å². The van der Waals surface area contributed by atoms with Gasteiger partial charge in [-0.15, -0.1) is 0 Å². The van der Waals surface area contributed by atoms with Crippen LogP contribution < -0.4 is 0 Å². The Labute approximate surface area is 108 Å². The molecule has 4 rings (SSSR count). The molecule has 18 heavy (non-hydrogen) atoms. The van der Waals surface area contributed by atoms with Crippen LogP contribution in [0.2, 0.25) is 6.32 Å². The highest BCUT2D eigenvalue weighted by Crippen LogP contribution is 2.65. The Kier molecular flexibility index (Phi) is 2.67. The van der Waals surface area contributed by atoms with Gasteiger partial charge in [0.05, 0.1) is 11.7 Å². The number of nitrogens with zero attached hydrogens (tertiary/aromatic N) is 3. The molecule has 98 valence electrons. The quantitative estimate of drug-likeness (QED) is 0.334. The van der Waals surface area contributed by atoms with Crippen LogP contribution in [0, 0.1) is 17.3 Å². The molecule has 1 saturated heterocycles. The number of azide groups is 1. The van der Waals surface area contributed by atoms with Crippen LogP contribution in [0.5, 0.6) is 0 Å². The molecule has 3 saturated carbocycles. The number of rotatable bonds is 3. The lowest BCUT2D eigenvalue weighted by molar-refractivity contribution is -0.199. The van der Waals surface area contributed by atoms with E-state index < -0.39 is 0 Å². The van der Waals surface area contributed by atoms with Crippen molar-refractivity contribution in [2.75, 3.05) is 6.54 Å². The summed E-state index contributed by atoms with van der Waals surface area (Å²) in [6.45, 7) is 7.35. The van der Waals surface area contributed by atoms with Gasteiger partial charge in [-0.2, -0.15) is 0 Å². The molecule has 5 nitrogen and oxygen atoms in total. The second-order valence-corrected chi connectivity index (χ2v) is 6.64. The third kappa shape index (κ3) is 1.52. The Hall–Kier alpha value is -0.705. The van der Waals surface area contributed by atoms with E-state index in [4.69, 9.17) is 14.8 Å². The molecule has 4 atom stereocenters. The first kappa shape index (κ1) is 12.3. The smallest absolute Gasteiger partial charge is 0.405 e. The van der Waals surface area contributed by atoms with E-state index in [1.54, 1.807) is 0 Å². The van der Waals surface area contributed by atoms with E-state index in [1.807, 2.05) is 0 Å². The molecule has 0 radical (unpaired) electrons. The van der Waals surface area contributed by atoms with Gasteiger partial charge in [0.2, 0.25) is 0 Å². The summed E-state index contributed by atoms with van der Waals surface area (Å²) < 4.78 is 12.2. The predicted molar refractivity (Wildman–Crippen MR) is 68.9 cm³/mol. The van der Waals surface area contributed by atoms with Crippen molar-refractivity contribution in [2.24, 2.45) is 22.4 Å². The van der Waals surface area contributed by atoms with Gasteiger partial charge in [0, 0.05) is 11.5 Å². The molecule has 0 N–H and O–H groups in total. The van der Waals surface area contributed by atoms with Crippen LogP contribution in [-0.2, 0) is 9.31 Å².